The largest absolute Gasteiger partial charge is 0.484 e. The molecule has 1 aliphatic rings. The molecule has 0 bridgehead atoms. The van der Waals surface area contributed by atoms with Crippen LogP contribution in [-0.2, 0) is 16.0 Å². The van der Waals surface area contributed by atoms with Crippen LogP contribution in [0.2, 0.25) is 0 Å². The summed E-state index contributed by atoms with van der Waals surface area (Å²) < 4.78 is 6.14. The van der Waals surface area contributed by atoms with Gasteiger partial charge in [0.1, 0.15) is 5.75 Å². The molecular formula is C28H27N3O3S2. The smallest absolute Gasteiger partial charge is 0.270 e. The van der Waals surface area contributed by atoms with Gasteiger partial charge in [0.05, 0.1) is 10.6 Å². The van der Waals surface area contributed by atoms with Crippen LogP contribution in [0.3, 0.4) is 0 Å². The number of nitrogens with zero attached hydrogens (tertiary/aromatic N) is 2. The zero-order chi connectivity index (χ0) is 25.7. The summed E-state index contributed by atoms with van der Waals surface area (Å²) >= 11 is 6.76. The van der Waals surface area contributed by atoms with E-state index in [-0.39, 0.29) is 18.4 Å². The van der Waals surface area contributed by atoms with Gasteiger partial charge in [0.25, 0.3) is 11.8 Å². The molecule has 6 nitrogen and oxygen atoms in total. The third-order valence-corrected chi connectivity index (χ3v) is 6.94. The summed E-state index contributed by atoms with van der Waals surface area (Å²) in [6.45, 7) is 1.95. The second-order valence-corrected chi connectivity index (χ2v) is 10.0. The minimum atomic E-state index is -0.220. The number of hydrogen-bond donors (Lipinski definition) is 1. The van der Waals surface area contributed by atoms with Crippen LogP contribution in [0.4, 0.5) is 17.1 Å². The van der Waals surface area contributed by atoms with Crippen molar-refractivity contribution in [2.24, 2.45) is 0 Å². The Morgan fingerprint density at radius 3 is 2.42 bits per heavy atom. The van der Waals surface area contributed by atoms with Crippen LogP contribution in [0.15, 0.2) is 77.7 Å². The molecule has 0 atom stereocenters. The van der Waals surface area contributed by atoms with Crippen LogP contribution in [0, 0.1) is 0 Å². The number of carbonyl (C=O) groups excluding carboxylic acids is 2. The lowest BCUT2D eigenvalue weighted by Gasteiger charge is -2.17. The fourth-order valence-electron chi connectivity index (χ4n) is 3.69. The van der Waals surface area contributed by atoms with Crippen molar-refractivity contribution in [1.82, 2.24) is 0 Å². The lowest BCUT2D eigenvalue weighted by atomic mass is 10.1. The molecular weight excluding hydrogens is 490 g/mol. The van der Waals surface area contributed by atoms with Crippen LogP contribution in [0.5, 0.6) is 5.75 Å². The van der Waals surface area contributed by atoms with Crippen molar-refractivity contribution in [3.63, 3.8) is 0 Å². The van der Waals surface area contributed by atoms with E-state index in [4.69, 9.17) is 17.0 Å². The molecule has 0 aliphatic carbocycles. The molecule has 0 saturated carbocycles. The zero-order valence-electron chi connectivity index (χ0n) is 20.4. The second-order valence-electron chi connectivity index (χ2n) is 8.34. The maximum absolute atomic E-state index is 13.0. The summed E-state index contributed by atoms with van der Waals surface area (Å²) in [4.78, 5) is 29.5. The highest BCUT2D eigenvalue weighted by atomic mass is 32.2. The van der Waals surface area contributed by atoms with E-state index in [0.717, 1.165) is 34.6 Å². The molecule has 0 unspecified atom stereocenters. The highest BCUT2D eigenvalue weighted by Crippen LogP contribution is 2.36. The third kappa shape index (κ3) is 5.95. The zero-order valence-corrected chi connectivity index (χ0v) is 22.0. The summed E-state index contributed by atoms with van der Waals surface area (Å²) in [6.07, 6.45) is 2.64. The maximum atomic E-state index is 13.0. The molecule has 4 rings (SSSR count). The number of ether oxygens (including phenoxy) is 1. The Morgan fingerprint density at radius 2 is 1.75 bits per heavy atom. The Bertz CT molecular complexity index is 1300. The number of aryl methyl sites for hydroxylation is 1. The molecule has 3 aromatic rings. The minimum Gasteiger partial charge on any atom is -0.484 e. The Hall–Kier alpha value is -3.62. The first-order valence-electron chi connectivity index (χ1n) is 11.5. The summed E-state index contributed by atoms with van der Waals surface area (Å²) in [5, 5.41) is 2.89. The van der Waals surface area contributed by atoms with Crippen LogP contribution >= 0.6 is 24.0 Å². The molecule has 1 aliphatic heterocycles. The van der Waals surface area contributed by atoms with Gasteiger partial charge in [-0.05, 0) is 66.1 Å². The number of para-hydroxylation sites is 1. The fraction of sp³-hybridized carbons (Fsp3) is 0.179. The van der Waals surface area contributed by atoms with Gasteiger partial charge in [0.15, 0.2) is 10.9 Å². The molecule has 1 fully saturated rings. The number of amides is 2. The number of benzene rings is 3. The Balaban J connectivity index is 1.37. The number of hydrogen-bond acceptors (Lipinski definition) is 6. The van der Waals surface area contributed by atoms with Crippen LogP contribution in [0.25, 0.3) is 6.08 Å². The molecule has 0 aromatic heterocycles. The average molecular weight is 518 g/mol. The number of thioether (sulfide) groups is 1. The number of nitrogens with one attached hydrogen (secondary N) is 1. The van der Waals surface area contributed by atoms with Gasteiger partial charge in [-0.25, -0.2) is 0 Å². The molecule has 0 radical (unpaired) electrons. The van der Waals surface area contributed by atoms with Crippen molar-refractivity contribution < 1.29 is 14.3 Å². The van der Waals surface area contributed by atoms with Gasteiger partial charge in [0, 0.05) is 25.5 Å². The topological polar surface area (TPSA) is 61.9 Å². The maximum Gasteiger partial charge on any atom is 0.270 e. The molecule has 184 valence electrons. The quantitative estimate of drug-likeness (QED) is 0.304. The average Bonchev–Trinajstić information content (AvgIpc) is 3.16. The Labute approximate surface area is 220 Å². The molecule has 1 heterocycles. The summed E-state index contributed by atoms with van der Waals surface area (Å²) in [5.41, 5.74) is 4.51. The number of rotatable bonds is 8. The summed E-state index contributed by atoms with van der Waals surface area (Å²) in [6, 6.07) is 22.7. The number of carbonyl (C=O) groups is 2. The van der Waals surface area contributed by atoms with Gasteiger partial charge in [0.2, 0.25) is 0 Å². The second kappa shape index (κ2) is 11.4. The number of thiocarbonyl (C=S) groups is 1. The lowest BCUT2D eigenvalue weighted by Crippen LogP contribution is -2.27. The first-order chi connectivity index (χ1) is 17.4. The summed E-state index contributed by atoms with van der Waals surface area (Å²) in [5.74, 6) is 0.203. The van der Waals surface area contributed by atoms with Gasteiger partial charge in [-0.1, -0.05) is 61.2 Å². The van der Waals surface area contributed by atoms with Crippen LogP contribution < -0.4 is 19.9 Å². The molecule has 1 saturated heterocycles. The van der Waals surface area contributed by atoms with E-state index in [1.165, 1.54) is 11.8 Å². The van der Waals surface area contributed by atoms with Gasteiger partial charge in [-0.15, -0.1) is 0 Å². The van der Waals surface area contributed by atoms with Crippen LogP contribution in [-0.4, -0.2) is 36.8 Å². The van der Waals surface area contributed by atoms with E-state index in [2.05, 4.69) is 5.32 Å². The van der Waals surface area contributed by atoms with E-state index < -0.39 is 0 Å². The van der Waals surface area contributed by atoms with Crippen molar-refractivity contribution in [2.75, 3.05) is 35.8 Å². The van der Waals surface area contributed by atoms with Gasteiger partial charge in [-0.2, -0.15) is 0 Å². The molecule has 2 amide bonds. The first-order valence-corrected chi connectivity index (χ1v) is 12.7. The van der Waals surface area contributed by atoms with Crippen molar-refractivity contribution in [3.05, 3.63) is 88.8 Å². The minimum absolute atomic E-state index is 0.0946. The Morgan fingerprint density at radius 1 is 1.06 bits per heavy atom. The van der Waals surface area contributed by atoms with E-state index in [1.807, 2.05) is 92.7 Å². The van der Waals surface area contributed by atoms with Crippen LogP contribution in [0.1, 0.15) is 18.1 Å². The van der Waals surface area contributed by atoms with Crippen molar-refractivity contribution in [1.29, 1.82) is 0 Å². The van der Waals surface area contributed by atoms with E-state index in [0.29, 0.717) is 15.0 Å². The molecule has 3 aromatic carbocycles. The highest BCUT2D eigenvalue weighted by molar-refractivity contribution is 8.27. The fourth-order valence-corrected chi connectivity index (χ4v) is 4.99. The van der Waals surface area contributed by atoms with Gasteiger partial charge >= 0.3 is 0 Å². The highest BCUT2D eigenvalue weighted by Gasteiger charge is 2.33. The summed E-state index contributed by atoms with van der Waals surface area (Å²) in [7, 11) is 3.93. The lowest BCUT2D eigenvalue weighted by molar-refractivity contribution is -0.118. The molecule has 36 heavy (non-hydrogen) atoms. The third-order valence-electron chi connectivity index (χ3n) is 5.64. The van der Waals surface area contributed by atoms with Crippen molar-refractivity contribution in [3.8, 4) is 5.75 Å². The SMILES string of the molecule is CCc1ccccc1NC(=O)COc1ccc(/C=C2\SC(=S)N(c3ccc(N(C)C)cc3)C2=O)cc1. The van der Waals surface area contributed by atoms with E-state index in [1.54, 1.807) is 17.0 Å². The molecule has 1 N–H and O–H groups in total. The Kier molecular flexibility index (Phi) is 8.07. The van der Waals surface area contributed by atoms with Gasteiger partial charge < -0.3 is 15.0 Å². The standard InChI is InChI=1S/C28H27N3O3S2/c1-4-20-7-5-6-8-24(20)29-26(32)18-34-23-15-9-19(10-16-23)17-25-27(33)31(28(35)36-25)22-13-11-21(12-14-22)30(2)3/h5-17H,4,18H2,1-3H3,(H,29,32)/b25-17-. The normalized spacial score (nSPS) is 14.3. The predicted octanol–water partition coefficient (Wildman–Crippen LogP) is 5.74. The van der Waals surface area contributed by atoms with Crippen molar-refractivity contribution in [2.45, 2.75) is 13.3 Å². The monoisotopic (exact) mass is 517 g/mol. The van der Waals surface area contributed by atoms with Crippen molar-refractivity contribution >= 4 is 63.3 Å². The first kappa shape index (κ1) is 25.5. The van der Waals surface area contributed by atoms with Gasteiger partial charge in [-0.3, -0.25) is 14.5 Å². The predicted molar refractivity (Wildman–Crippen MR) is 153 cm³/mol. The molecule has 8 heteroatoms. The van der Waals surface area contributed by atoms with E-state index in [9.17, 15) is 9.59 Å². The molecule has 0 spiro atoms. The van der Waals surface area contributed by atoms with E-state index >= 15 is 0 Å². The number of anilines is 3.